The van der Waals surface area contributed by atoms with Crippen LogP contribution in [0.5, 0.6) is 0 Å². The summed E-state index contributed by atoms with van der Waals surface area (Å²) in [5.74, 6) is -1.66. The first-order chi connectivity index (χ1) is 12.1. The molecule has 4 heteroatoms. The van der Waals surface area contributed by atoms with Crippen molar-refractivity contribution in [2.24, 2.45) is 11.8 Å². The molecule has 126 valence electrons. The number of benzene rings is 2. The molecule has 2 aliphatic carbocycles. The molecule has 2 N–H and O–H groups in total. The Morgan fingerprint density at radius 1 is 0.960 bits per heavy atom. The van der Waals surface area contributed by atoms with Crippen LogP contribution < -0.4 is 5.32 Å². The molecule has 0 saturated heterocycles. The van der Waals surface area contributed by atoms with Gasteiger partial charge in [0.1, 0.15) is 0 Å². The molecule has 0 unspecified atom stereocenters. The normalized spacial score (nSPS) is 29.5. The second kappa shape index (κ2) is 5.88. The minimum atomic E-state index is -1.31. The number of fused-ring (bicyclic) bond motifs is 2. The molecule has 0 radical (unpaired) electrons. The van der Waals surface area contributed by atoms with E-state index in [0.29, 0.717) is 5.56 Å². The molecule has 2 aromatic rings. The molecular formula is C21H19NO3. The van der Waals surface area contributed by atoms with Crippen molar-refractivity contribution in [1.29, 1.82) is 0 Å². The standard InChI is InChI=1S/C21H19NO3/c23-19(15-9-5-2-6-10-15)22-21(20(24)25)17-12-11-16(13-17)18(21)14-7-3-1-4-8-14/h1-12,16-18H,13H2,(H,22,23)(H,24,25)/t16-,17+,18+,21+/m0/s1. The van der Waals surface area contributed by atoms with E-state index in [2.05, 4.69) is 11.4 Å². The highest BCUT2D eigenvalue weighted by Gasteiger charge is 2.62. The van der Waals surface area contributed by atoms with E-state index in [1.165, 1.54) is 0 Å². The Hall–Kier alpha value is -2.88. The van der Waals surface area contributed by atoms with E-state index in [0.717, 1.165) is 12.0 Å². The highest BCUT2D eigenvalue weighted by molar-refractivity contribution is 5.99. The third kappa shape index (κ3) is 2.37. The summed E-state index contributed by atoms with van der Waals surface area (Å²) in [6.07, 6.45) is 4.79. The van der Waals surface area contributed by atoms with Crippen LogP contribution in [0.1, 0.15) is 28.3 Å². The van der Waals surface area contributed by atoms with Gasteiger partial charge in [-0.3, -0.25) is 4.79 Å². The first-order valence-electron chi connectivity index (χ1n) is 8.47. The van der Waals surface area contributed by atoms with Crippen LogP contribution in [0.3, 0.4) is 0 Å². The number of nitrogens with one attached hydrogen (secondary N) is 1. The molecule has 1 saturated carbocycles. The van der Waals surface area contributed by atoms with Gasteiger partial charge in [0.15, 0.2) is 5.54 Å². The molecule has 4 rings (SSSR count). The molecule has 2 bridgehead atoms. The van der Waals surface area contributed by atoms with Crippen LogP contribution in [0.25, 0.3) is 0 Å². The number of rotatable bonds is 4. The third-order valence-electron chi connectivity index (χ3n) is 5.49. The van der Waals surface area contributed by atoms with Gasteiger partial charge in [0.2, 0.25) is 0 Å². The van der Waals surface area contributed by atoms with Gasteiger partial charge in [-0.1, -0.05) is 60.7 Å². The molecule has 0 spiro atoms. The number of hydrogen-bond donors (Lipinski definition) is 2. The summed E-state index contributed by atoms with van der Waals surface area (Å²) in [7, 11) is 0. The Morgan fingerprint density at radius 2 is 1.60 bits per heavy atom. The maximum absolute atomic E-state index is 12.8. The number of carboxylic acids is 1. The average molecular weight is 333 g/mol. The molecule has 2 aromatic carbocycles. The molecule has 0 aromatic heterocycles. The van der Waals surface area contributed by atoms with Crippen LogP contribution in [0, 0.1) is 11.8 Å². The first-order valence-corrected chi connectivity index (χ1v) is 8.47. The third-order valence-corrected chi connectivity index (χ3v) is 5.49. The topological polar surface area (TPSA) is 66.4 Å². The maximum Gasteiger partial charge on any atom is 0.330 e. The van der Waals surface area contributed by atoms with Gasteiger partial charge in [0.25, 0.3) is 5.91 Å². The molecule has 1 fully saturated rings. The van der Waals surface area contributed by atoms with Gasteiger partial charge < -0.3 is 10.4 Å². The van der Waals surface area contributed by atoms with E-state index in [9.17, 15) is 14.7 Å². The summed E-state index contributed by atoms with van der Waals surface area (Å²) in [4.78, 5) is 25.2. The fourth-order valence-corrected chi connectivity index (χ4v) is 4.42. The predicted molar refractivity (Wildman–Crippen MR) is 94.2 cm³/mol. The van der Waals surface area contributed by atoms with Crippen molar-refractivity contribution in [3.8, 4) is 0 Å². The Kier molecular flexibility index (Phi) is 3.68. The molecule has 0 heterocycles. The number of carboxylic acid groups (broad SMARTS) is 1. The van der Waals surface area contributed by atoms with Gasteiger partial charge in [-0.15, -0.1) is 0 Å². The second-order valence-electron chi connectivity index (χ2n) is 6.77. The zero-order valence-electron chi connectivity index (χ0n) is 13.6. The van der Waals surface area contributed by atoms with E-state index in [4.69, 9.17) is 0 Å². The smallest absolute Gasteiger partial charge is 0.330 e. The first kappa shape index (κ1) is 15.6. The van der Waals surface area contributed by atoms with E-state index < -0.39 is 11.5 Å². The van der Waals surface area contributed by atoms with Gasteiger partial charge in [0.05, 0.1) is 0 Å². The van der Waals surface area contributed by atoms with Crippen molar-refractivity contribution in [2.75, 3.05) is 0 Å². The molecule has 2 aliphatic rings. The Balaban J connectivity index is 1.77. The highest BCUT2D eigenvalue weighted by atomic mass is 16.4. The van der Waals surface area contributed by atoms with E-state index in [1.54, 1.807) is 24.3 Å². The number of aliphatic carboxylic acids is 1. The van der Waals surface area contributed by atoms with Crippen molar-refractivity contribution in [3.63, 3.8) is 0 Å². The van der Waals surface area contributed by atoms with Gasteiger partial charge in [0, 0.05) is 17.4 Å². The Morgan fingerprint density at radius 3 is 2.24 bits per heavy atom. The number of carbonyl (C=O) groups excluding carboxylic acids is 1. The van der Waals surface area contributed by atoms with E-state index in [-0.39, 0.29) is 23.7 Å². The Labute approximate surface area is 146 Å². The van der Waals surface area contributed by atoms with Crippen LogP contribution in [-0.4, -0.2) is 22.5 Å². The van der Waals surface area contributed by atoms with E-state index in [1.807, 2.05) is 42.5 Å². The van der Waals surface area contributed by atoms with Crippen molar-refractivity contribution in [2.45, 2.75) is 17.9 Å². The van der Waals surface area contributed by atoms with Crippen LogP contribution in [-0.2, 0) is 4.79 Å². The van der Waals surface area contributed by atoms with Crippen molar-refractivity contribution < 1.29 is 14.7 Å². The molecule has 0 aliphatic heterocycles. The van der Waals surface area contributed by atoms with Crippen molar-refractivity contribution in [3.05, 3.63) is 83.9 Å². The van der Waals surface area contributed by atoms with E-state index >= 15 is 0 Å². The molecule has 4 nitrogen and oxygen atoms in total. The lowest BCUT2D eigenvalue weighted by atomic mass is 9.72. The van der Waals surface area contributed by atoms with Gasteiger partial charge in [-0.05, 0) is 30.0 Å². The number of carbonyl (C=O) groups is 2. The zero-order chi connectivity index (χ0) is 17.4. The second-order valence-corrected chi connectivity index (χ2v) is 6.77. The van der Waals surface area contributed by atoms with Crippen molar-refractivity contribution in [1.82, 2.24) is 5.32 Å². The maximum atomic E-state index is 12.8. The Bertz CT molecular complexity index is 831. The fraction of sp³-hybridized carbons (Fsp3) is 0.238. The minimum absolute atomic E-state index is 0.125. The molecule has 1 amide bonds. The quantitative estimate of drug-likeness (QED) is 0.844. The average Bonchev–Trinajstić information content (AvgIpc) is 3.23. The molecular weight excluding hydrogens is 314 g/mol. The predicted octanol–water partition coefficient (Wildman–Crippen LogP) is 3.23. The summed E-state index contributed by atoms with van der Waals surface area (Å²) >= 11 is 0. The SMILES string of the molecule is O=C(N[C@]1(C(=O)O)[C@@H]2C=C[C@@H](C2)[C@H]1c1ccccc1)c1ccccc1. The lowest BCUT2D eigenvalue weighted by molar-refractivity contribution is -0.146. The lowest BCUT2D eigenvalue weighted by Crippen LogP contribution is -2.60. The van der Waals surface area contributed by atoms with Crippen molar-refractivity contribution >= 4 is 11.9 Å². The van der Waals surface area contributed by atoms with Crippen LogP contribution >= 0.6 is 0 Å². The summed E-state index contributed by atoms with van der Waals surface area (Å²) in [6.45, 7) is 0. The summed E-state index contributed by atoms with van der Waals surface area (Å²) in [6, 6.07) is 18.4. The van der Waals surface area contributed by atoms with Crippen LogP contribution in [0.4, 0.5) is 0 Å². The molecule has 25 heavy (non-hydrogen) atoms. The van der Waals surface area contributed by atoms with Gasteiger partial charge in [-0.2, -0.15) is 0 Å². The van der Waals surface area contributed by atoms with Gasteiger partial charge >= 0.3 is 5.97 Å². The summed E-state index contributed by atoms with van der Waals surface area (Å²) < 4.78 is 0. The monoisotopic (exact) mass is 333 g/mol. The largest absolute Gasteiger partial charge is 0.479 e. The number of amides is 1. The van der Waals surface area contributed by atoms with Gasteiger partial charge in [-0.25, -0.2) is 4.79 Å². The minimum Gasteiger partial charge on any atom is -0.479 e. The highest BCUT2D eigenvalue weighted by Crippen LogP contribution is 2.55. The number of hydrogen-bond acceptors (Lipinski definition) is 2. The summed E-state index contributed by atoms with van der Waals surface area (Å²) in [5.41, 5.74) is 0.116. The lowest BCUT2D eigenvalue weighted by Gasteiger charge is -2.39. The fourth-order valence-electron chi connectivity index (χ4n) is 4.42. The molecule has 4 atom stereocenters. The number of allylic oxidation sites excluding steroid dienone is 1. The van der Waals surface area contributed by atoms with Crippen LogP contribution in [0.15, 0.2) is 72.8 Å². The summed E-state index contributed by atoms with van der Waals surface area (Å²) in [5, 5.41) is 13.1. The zero-order valence-corrected chi connectivity index (χ0v) is 13.6. The van der Waals surface area contributed by atoms with Crippen LogP contribution in [0.2, 0.25) is 0 Å².